The summed E-state index contributed by atoms with van der Waals surface area (Å²) in [6.07, 6.45) is 4.45. The summed E-state index contributed by atoms with van der Waals surface area (Å²) in [5, 5.41) is 4.16. The molecule has 0 aliphatic rings. The average Bonchev–Trinajstić information content (AvgIpc) is 2.41. The zero-order valence-electron chi connectivity index (χ0n) is 11.8. The Kier molecular flexibility index (Phi) is 8.35. The molecule has 108 valence electrons. The Labute approximate surface area is 124 Å². The van der Waals surface area contributed by atoms with Crippen molar-refractivity contribution >= 4 is 22.4 Å². The van der Waals surface area contributed by atoms with Crippen LogP contribution in [-0.2, 0) is 10.8 Å². The van der Waals surface area contributed by atoms with Gasteiger partial charge in [0.25, 0.3) is 0 Å². The summed E-state index contributed by atoms with van der Waals surface area (Å²) in [4.78, 5) is 0.876. The highest BCUT2D eigenvalue weighted by atomic mass is 35.5. The molecule has 19 heavy (non-hydrogen) atoms. The van der Waals surface area contributed by atoms with Gasteiger partial charge in [-0.15, -0.1) is 0 Å². The van der Waals surface area contributed by atoms with Crippen LogP contribution in [-0.4, -0.2) is 22.5 Å². The molecule has 0 amide bonds. The van der Waals surface area contributed by atoms with Crippen LogP contribution in [0.4, 0.5) is 0 Å². The van der Waals surface area contributed by atoms with Gasteiger partial charge in [0.1, 0.15) is 0 Å². The standard InChI is InChI=1S/C15H24ClNOS/c1-3-11-17-13(2)6-4-5-12-19(18)15-9-7-14(16)8-10-15/h7-10,13,17H,3-6,11-12H2,1-2H3. The number of unbranched alkanes of at least 4 members (excludes halogenated alkanes) is 1. The number of hydrogen-bond acceptors (Lipinski definition) is 2. The first-order valence-corrected chi connectivity index (χ1v) is 8.70. The summed E-state index contributed by atoms with van der Waals surface area (Å²) in [5.74, 6) is 0.738. The maximum Gasteiger partial charge on any atom is 0.0529 e. The van der Waals surface area contributed by atoms with Gasteiger partial charge in [0, 0.05) is 21.7 Å². The van der Waals surface area contributed by atoms with Crippen molar-refractivity contribution < 1.29 is 4.21 Å². The molecule has 0 spiro atoms. The van der Waals surface area contributed by atoms with Gasteiger partial charge in [0.15, 0.2) is 0 Å². The van der Waals surface area contributed by atoms with E-state index >= 15 is 0 Å². The lowest BCUT2D eigenvalue weighted by atomic mass is 10.1. The Morgan fingerprint density at radius 3 is 2.58 bits per heavy atom. The molecule has 1 N–H and O–H groups in total. The van der Waals surface area contributed by atoms with Gasteiger partial charge in [0.2, 0.25) is 0 Å². The van der Waals surface area contributed by atoms with E-state index in [0.717, 1.165) is 36.5 Å². The van der Waals surface area contributed by atoms with Crippen LogP contribution in [0.2, 0.25) is 5.02 Å². The molecule has 2 atom stereocenters. The molecule has 1 rings (SSSR count). The Morgan fingerprint density at radius 2 is 1.95 bits per heavy atom. The lowest BCUT2D eigenvalue weighted by molar-refractivity contribution is 0.495. The van der Waals surface area contributed by atoms with E-state index in [2.05, 4.69) is 19.2 Å². The van der Waals surface area contributed by atoms with Crippen molar-refractivity contribution in [2.45, 2.75) is 50.5 Å². The maximum atomic E-state index is 12.0. The fraction of sp³-hybridized carbons (Fsp3) is 0.600. The molecule has 0 aliphatic heterocycles. The van der Waals surface area contributed by atoms with Gasteiger partial charge in [-0.05, 0) is 57.0 Å². The Morgan fingerprint density at radius 1 is 1.26 bits per heavy atom. The Bertz CT molecular complexity index is 380. The first kappa shape index (κ1) is 16.7. The molecule has 0 saturated heterocycles. The smallest absolute Gasteiger partial charge is 0.0529 e. The summed E-state index contributed by atoms with van der Waals surface area (Å²) >= 11 is 5.81. The second kappa shape index (κ2) is 9.51. The average molecular weight is 302 g/mol. The monoisotopic (exact) mass is 301 g/mol. The lowest BCUT2D eigenvalue weighted by Gasteiger charge is -2.12. The van der Waals surface area contributed by atoms with Crippen LogP contribution < -0.4 is 5.32 Å². The fourth-order valence-corrected chi connectivity index (χ4v) is 3.15. The third-order valence-corrected chi connectivity index (χ3v) is 4.75. The number of nitrogens with one attached hydrogen (secondary N) is 1. The highest BCUT2D eigenvalue weighted by Crippen LogP contribution is 2.14. The van der Waals surface area contributed by atoms with E-state index < -0.39 is 10.8 Å². The fourth-order valence-electron chi connectivity index (χ4n) is 1.88. The Hall–Kier alpha value is -0.380. The van der Waals surface area contributed by atoms with Crippen molar-refractivity contribution in [2.75, 3.05) is 12.3 Å². The minimum atomic E-state index is -0.891. The minimum absolute atomic E-state index is 0.559. The second-order valence-corrected chi connectivity index (χ2v) is 6.86. The molecule has 0 heterocycles. The van der Waals surface area contributed by atoms with Crippen LogP contribution in [0.15, 0.2) is 29.2 Å². The van der Waals surface area contributed by atoms with Crippen LogP contribution >= 0.6 is 11.6 Å². The van der Waals surface area contributed by atoms with E-state index in [-0.39, 0.29) is 0 Å². The van der Waals surface area contributed by atoms with Crippen LogP contribution in [0, 0.1) is 0 Å². The van der Waals surface area contributed by atoms with Gasteiger partial charge >= 0.3 is 0 Å². The first-order chi connectivity index (χ1) is 9.13. The van der Waals surface area contributed by atoms with Gasteiger partial charge in [-0.25, -0.2) is 0 Å². The molecule has 0 aromatic heterocycles. The molecule has 0 radical (unpaired) electrons. The summed E-state index contributed by atoms with van der Waals surface area (Å²) < 4.78 is 12.0. The zero-order valence-corrected chi connectivity index (χ0v) is 13.4. The van der Waals surface area contributed by atoms with E-state index in [0.29, 0.717) is 11.1 Å². The molecule has 4 heteroatoms. The zero-order chi connectivity index (χ0) is 14.1. The molecule has 2 unspecified atom stereocenters. The SMILES string of the molecule is CCCNC(C)CCCCS(=O)c1ccc(Cl)cc1. The maximum absolute atomic E-state index is 12.0. The normalized spacial score (nSPS) is 14.3. The third kappa shape index (κ3) is 7.09. The van der Waals surface area contributed by atoms with Crippen molar-refractivity contribution in [3.05, 3.63) is 29.3 Å². The largest absolute Gasteiger partial charge is 0.314 e. The van der Waals surface area contributed by atoms with Crippen molar-refractivity contribution in [1.82, 2.24) is 5.32 Å². The van der Waals surface area contributed by atoms with E-state index in [9.17, 15) is 4.21 Å². The molecule has 1 aromatic carbocycles. The van der Waals surface area contributed by atoms with Gasteiger partial charge in [-0.3, -0.25) is 4.21 Å². The Balaban J connectivity index is 2.18. The second-order valence-electron chi connectivity index (χ2n) is 4.85. The lowest BCUT2D eigenvalue weighted by Crippen LogP contribution is -2.26. The quantitative estimate of drug-likeness (QED) is 0.698. The first-order valence-electron chi connectivity index (χ1n) is 7.00. The number of benzene rings is 1. The predicted octanol–water partition coefficient (Wildman–Crippen LogP) is 4.01. The molecule has 0 fully saturated rings. The van der Waals surface area contributed by atoms with Gasteiger partial charge in [-0.1, -0.05) is 24.9 Å². The summed E-state index contributed by atoms with van der Waals surface area (Å²) in [6.45, 7) is 5.47. The minimum Gasteiger partial charge on any atom is -0.314 e. The van der Waals surface area contributed by atoms with Gasteiger partial charge < -0.3 is 5.32 Å². The number of hydrogen-bond donors (Lipinski definition) is 1. The summed E-state index contributed by atoms with van der Waals surface area (Å²) in [7, 11) is -0.891. The van der Waals surface area contributed by atoms with Gasteiger partial charge in [0.05, 0.1) is 10.8 Å². The molecule has 1 aromatic rings. The highest BCUT2D eigenvalue weighted by Gasteiger charge is 2.05. The van der Waals surface area contributed by atoms with E-state index in [4.69, 9.17) is 11.6 Å². The highest BCUT2D eigenvalue weighted by molar-refractivity contribution is 7.85. The summed E-state index contributed by atoms with van der Waals surface area (Å²) in [5.41, 5.74) is 0. The van der Waals surface area contributed by atoms with E-state index in [1.54, 1.807) is 12.1 Å². The predicted molar refractivity (Wildman–Crippen MR) is 84.3 cm³/mol. The van der Waals surface area contributed by atoms with Crippen molar-refractivity contribution in [2.24, 2.45) is 0 Å². The third-order valence-electron chi connectivity index (χ3n) is 3.04. The van der Waals surface area contributed by atoms with Crippen molar-refractivity contribution in [3.63, 3.8) is 0 Å². The van der Waals surface area contributed by atoms with E-state index in [1.807, 2.05) is 12.1 Å². The van der Waals surface area contributed by atoms with Crippen LogP contribution in [0.25, 0.3) is 0 Å². The molecule has 0 bridgehead atoms. The molecule has 2 nitrogen and oxygen atoms in total. The van der Waals surface area contributed by atoms with Crippen LogP contribution in [0.1, 0.15) is 39.5 Å². The molecular weight excluding hydrogens is 278 g/mol. The molecule has 0 aliphatic carbocycles. The molecular formula is C15H24ClNOS. The van der Waals surface area contributed by atoms with Crippen molar-refractivity contribution in [1.29, 1.82) is 0 Å². The van der Waals surface area contributed by atoms with Crippen LogP contribution in [0.3, 0.4) is 0 Å². The summed E-state index contributed by atoms with van der Waals surface area (Å²) in [6, 6.07) is 7.86. The van der Waals surface area contributed by atoms with Crippen molar-refractivity contribution in [3.8, 4) is 0 Å². The topological polar surface area (TPSA) is 29.1 Å². The number of rotatable bonds is 9. The molecule has 0 saturated carbocycles. The van der Waals surface area contributed by atoms with Crippen LogP contribution in [0.5, 0.6) is 0 Å². The van der Waals surface area contributed by atoms with Gasteiger partial charge in [-0.2, -0.15) is 0 Å². The van der Waals surface area contributed by atoms with E-state index in [1.165, 1.54) is 6.42 Å². The number of halogens is 1.